The van der Waals surface area contributed by atoms with E-state index in [0.29, 0.717) is 22.9 Å². The average Bonchev–Trinajstić information content (AvgIpc) is 3.30. The molecule has 2 aromatic carbocycles. The van der Waals surface area contributed by atoms with Crippen molar-refractivity contribution in [3.63, 3.8) is 0 Å². The van der Waals surface area contributed by atoms with Crippen LogP contribution in [-0.2, 0) is 4.79 Å². The number of hydrogen-bond acceptors (Lipinski definition) is 6. The molecule has 8 heteroatoms. The highest BCUT2D eigenvalue weighted by molar-refractivity contribution is 6.03. The first-order valence-electron chi connectivity index (χ1n) is 9.43. The lowest BCUT2D eigenvalue weighted by Gasteiger charge is -2.09. The van der Waals surface area contributed by atoms with Gasteiger partial charge in [0.05, 0.1) is 0 Å². The van der Waals surface area contributed by atoms with Crippen molar-refractivity contribution in [3.05, 3.63) is 90.9 Å². The number of rotatable bonds is 7. The minimum atomic E-state index is -0.433. The molecule has 0 bridgehead atoms. The molecule has 31 heavy (non-hydrogen) atoms. The van der Waals surface area contributed by atoms with Gasteiger partial charge in [-0.3, -0.25) is 14.6 Å². The van der Waals surface area contributed by atoms with Crippen LogP contribution in [0.2, 0.25) is 0 Å². The first kappa shape index (κ1) is 19.8. The normalized spacial score (nSPS) is 10.3. The van der Waals surface area contributed by atoms with Crippen molar-refractivity contribution in [1.29, 1.82) is 0 Å². The van der Waals surface area contributed by atoms with Gasteiger partial charge in [-0.05, 0) is 36.4 Å². The van der Waals surface area contributed by atoms with E-state index in [0.717, 1.165) is 5.56 Å². The summed E-state index contributed by atoms with van der Waals surface area (Å²) in [4.78, 5) is 28.5. The third-order valence-corrected chi connectivity index (χ3v) is 4.21. The van der Waals surface area contributed by atoms with Gasteiger partial charge in [0.1, 0.15) is 5.75 Å². The van der Waals surface area contributed by atoms with Gasteiger partial charge in [-0.1, -0.05) is 29.4 Å². The Hall–Kier alpha value is -4.46. The number of amides is 2. The van der Waals surface area contributed by atoms with E-state index in [1.807, 2.05) is 24.3 Å². The van der Waals surface area contributed by atoms with Crippen molar-refractivity contribution >= 4 is 23.2 Å². The molecule has 0 atom stereocenters. The van der Waals surface area contributed by atoms with E-state index >= 15 is 0 Å². The Kier molecular flexibility index (Phi) is 5.99. The maximum absolute atomic E-state index is 12.5. The highest BCUT2D eigenvalue weighted by atomic mass is 16.5. The van der Waals surface area contributed by atoms with E-state index in [1.54, 1.807) is 60.9 Å². The van der Waals surface area contributed by atoms with Crippen molar-refractivity contribution < 1.29 is 18.8 Å². The van der Waals surface area contributed by atoms with Gasteiger partial charge in [0.25, 0.3) is 11.8 Å². The molecule has 154 valence electrons. The fourth-order valence-electron chi connectivity index (χ4n) is 2.75. The monoisotopic (exact) mass is 414 g/mol. The summed E-state index contributed by atoms with van der Waals surface area (Å²) in [5.74, 6) is 0.168. The molecule has 0 spiro atoms. The summed E-state index contributed by atoms with van der Waals surface area (Å²) in [6.07, 6.45) is 3.27. The molecule has 4 aromatic rings. The van der Waals surface area contributed by atoms with Gasteiger partial charge in [0.2, 0.25) is 0 Å². The van der Waals surface area contributed by atoms with Gasteiger partial charge >= 0.3 is 0 Å². The van der Waals surface area contributed by atoms with Crippen LogP contribution in [0, 0.1) is 0 Å². The molecule has 8 nitrogen and oxygen atoms in total. The molecule has 2 N–H and O–H groups in total. The summed E-state index contributed by atoms with van der Waals surface area (Å²) in [5.41, 5.74) is 2.04. The summed E-state index contributed by atoms with van der Waals surface area (Å²) < 4.78 is 10.8. The third-order valence-electron chi connectivity index (χ3n) is 4.21. The molecule has 0 aliphatic carbocycles. The number of pyridine rings is 1. The number of benzene rings is 2. The lowest BCUT2D eigenvalue weighted by atomic mass is 10.2. The van der Waals surface area contributed by atoms with Gasteiger partial charge in [-0.25, -0.2) is 0 Å². The van der Waals surface area contributed by atoms with Crippen molar-refractivity contribution in [2.75, 3.05) is 17.2 Å². The highest BCUT2D eigenvalue weighted by Crippen LogP contribution is 2.21. The topological polar surface area (TPSA) is 106 Å². The zero-order valence-corrected chi connectivity index (χ0v) is 16.3. The van der Waals surface area contributed by atoms with E-state index in [2.05, 4.69) is 20.8 Å². The Morgan fingerprint density at radius 3 is 2.55 bits per heavy atom. The lowest BCUT2D eigenvalue weighted by Crippen LogP contribution is -2.20. The Labute approximate surface area is 177 Å². The lowest BCUT2D eigenvalue weighted by molar-refractivity contribution is -0.118. The minimum absolute atomic E-state index is 0.132. The molecule has 0 aliphatic rings. The van der Waals surface area contributed by atoms with Crippen LogP contribution in [0.3, 0.4) is 0 Å². The summed E-state index contributed by atoms with van der Waals surface area (Å²) in [5, 5.41) is 9.28. The Bertz CT molecular complexity index is 1180. The van der Waals surface area contributed by atoms with Crippen molar-refractivity contribution in [3.8, 4) is 17.1 Å². The molecule has 2 amide bonds. The van der Waals surface area contributed by atoms with Gasteiger partial charge in [0, 0.05) is 41.5 Å². The third kappa shape index (κ3) is 5.33. The fraction of sp³-hybridized carbons (Fsp3) is 0.0435. The molecule has 0 saturated carbocycles. The minimum Gasteiger partial charge on any atom is -0.484 e. The molecule has 2 heterocycles. The molecule has 0 aliphatic heterocycles. The second-order valence-corrected chi connectivity index (χ2v) is 6.50. The zero-order chi connectivity index (χ0) is 21.5. The van der Waals surface area contributed by atoms with Crippen LogP contribution >= 0.6 is 0 Å². The summed E-state index contributed by atoms with van der Waals surface area (Å²) in [6, 6.07) is 21.0. The van der Waals surface area contributed by atoms with Gasteiger partial charge < -0.3 is 19.9 Å². The van der Waals surface area contributed by atoms with E-state index < -0.39 is 5.91 Å². The Morgan fingerprint density at radius 2 is 1.74 bits per heavy atom. The average molecular weight is 414 g/mol. The first-order valence-corrected chi connectivity index (χ1v) is 9.43. The van der Waals surface area contributed by atoms with Crippen LogP contribution in [0.25, 0.3) is 11.3 Å². The smallest absolute Gasteiger partial charge is 0.277 e. The molecule has 0 fully saturated rings. The number of ether oxygens (including phenoxy) is 1. The summed E-state index contributed by atoms with van der Waals surface area (Å²) in [7, 11) is 0. The molecule has 2 aromatic heterocycles. The molecule has 0 saturated heterocycles. The van der Waals surface area contributed by atoms with Crippen LogP contribution in [-0.4, -0.2) is 28.6 Å². The highest BCUT2D eigenvalue weighted by Gasteiger charge is 2.14. The number of anilines is 2. The molecular formula is C23H18N4O4. The Balaban J connectivity index is 1.34. The van der Waals surface area contributed by atoms with Crippen molar-refractivity contribution in [2.24, 2.45) is 0 Å². The predicted molar refractivity (Wildman–Crippen MR) is 115 cm³/mol. The van der Waals surface area contributed by atoms with Crippen molar-refractivity contribution in [1.82, 2.24) is 10.1 Å². The van der Waals surface area contributed by atoms with Crippen LogP contribution < -0.4 is 15.4 Å². The summed E-state index contributed by atoms with van der Waals surface area (Å²) >= 11 is 0. The molecule has 4 rings (SSSR count). The van der Waals surface area contributed by atoms with E-state index in [1.165, 1.54) is 0 Å². The standard InChI is InChI=1S/C23H18N4O4/c28-22(25-17-7-2-1-3-8-17)15-30-19-10-4-9-18(12-19)26-23(29)20-13-21(31-27-20)16-6-5-11-24-14-16/h1-14H,15H2,(H,25,28)(H,26,29). The SMILES string of the molecule is O=C(COc1cccc(NC(=O)c2cc(-c3cccnc3)on2)c1)Nc1ccccc1. The van der Waals surface area contributed by atoms with E-state index in [9.17, 15) is 9.59 Å². The quantitative estimate of drug-likeness (QED) is 0.473. The van der Waals surface area contributed by atoms with Crippen LogP contribution in [0.15, 0.2) is 89.7 Å². The number of hydrogen-bond donors (Lipinski definition) is 2. The number of aromatic nitrogens is 2. The van der Waals surface area contributed by atoms with Crippen LogP contribution in [0.1, 0.15) is 10.5 Å². The van der Waals surface area contributed by atoms with Gasteiger partial charge in [0.15, 0.2) is 18.1 Å². The van der Waals surface area contributed by atoms with Gasteiger partial charge in [-0.2, -0.15) is 0 Å². The van der Waals surface area contributed by atoms with E-state index in [4.69, 9.17) is 9.26 Å². The number of para-hydroxylation sites is 1. The number of carbonyl (C=O) groups is 2. The number of nitrogens with zero attached hydrogens (tertiary/aromatic N) is 2. The molecule has 0 unspecified atom stereocenters. The summed E-state index contributed by atoms with van der Waals surface area (Å²) in [6.45, 7) is -0.163. The molecule has 0 radical (unpaired) electrons. The second-order valence-electron chi connectivity index (χ2n) is 6.50. The number of carbonyl (C=O) groups excluding carboxylic acids is 2. The first-order chi connectivity index (χ1) is 15.2. The maximum Gasteiger partial charge on any atom is 0.277 e. The Morgan fingerprint density at radius 1 is 0.903 bits per heavy atom. The zero-order valence-electron chi connectivity index (χ0n) is 16.3. The fourth-order valence-corrected chi connectivity index (χ4v) is 2.75. The number of nitrogens with one attached hydrogen (secondary N) is 2. The maximum atomic E-state index is 12.5. The molecular weight excluding hydrogens is 396 g/mol. The van der Waals surface area contributed by atoms with Gasteiger partial charge in [-0.15, -0.1) is 0 Å². The predicted octanol–water partition coefficient (Wildman–Crippen LogP) is 4.01. The van der Waals surface area contributed by atoms with Crippen LogP contribution in [0.4, 0.5) is 11.4 Å². The van der Waals surface area contributed by atoms with Crippen molar-refractivity contribution in [2.45, 2.75) is 0 Å². The largest absolute Gasteiger partial charge is 0.484 e. The second kappa shape index (κ2) is 9.36. The van der Waals surface area contributed by atoms with Crippen LogP contribution in [0.5, 0.6) is 5.75 Å². The van der Waals surface area contributed by atoms with E-state index in [-0.39, 0.29) is 18.2 Å².